The lowest BCUT2D eigenvalue weighted by Crippen LogP contribution is -2.26. The molecular formula is C12H17Br2NO. The number of nitrogens with two attached hydrogens (primary N) is 1. The monoisotopic (exact) mass is 349 g/mol. The third-order valence-electron chi connectivity index (χ3n) is 2.81. The molecule has 1 aromatic rings. The molecule has 16 heavy (non-hydrogen) atoms. The molecule has 2 atom stereocenters. The largest absolute Gasteiger partial charge is 0.388 e. The van der Waals surface area contributed by atoms with E-state index in [0.717, 1.165) is 14.5 Å². The molecule has 0 heterocycles. The molecule has 0 aromatic heterocycles. The van der Waals surface area contributed by atoms with Crippen LogP contribution in [0.5, 0.6) is 0 Å². The van der Waals surface area contributed by atoms with Gasteiger partial charge in [0.25, 0.3) is 0 Å². The van der Waals surface area contributed by atoms with Crippen LogP contribution < -0.4 is 5.73 Å². The zero-order valence-corrected chi connectivity index (χ0v) is 12.6. The van der Waals surface area contributed by atoms with E-state index in [9.17, 15) is 5.11 Å². The fourth-order valence-electron chi connectivity index (χ4n) is 1.74. The van der Waals surface area contributed by atoms with Crippen LogP contribution in [0.2, 0.25) is 0 Å². The molecule has 1 rings (SSSR count). The van der Waals surface area contributed by atoms with E-state index in [4.69, 9.17) is 5.73 Å². The highest BCUT2D eigenvalue weighted by atomic mass is 79.9. The van der Waals surface area contributed by atoms with Crippen LogP contribution in [0.15, 0.2) is 27.1 Å². The molecule has 1 aromatic carbocycles. The third-order valence-corrected chi connectivity index (χ3v) is 4.03. The van der Waals surface area contributed by atoms with Crippen molar-refractivity contribution in [1.29, 1.82) is 0 Å². The molecule has 0 amide bonds. The van der Waals surface area contributed by atoms with E-state index >= 15 is 0 Å². The minimum atomic E-state index is -0.531. The standard InChI is InChI=1S/C12H17Br2NO/c1-7(2)10(6-15)12(16)9-5-8(13)3-4-11(9)14/h3-5,7,10,12,16H,6,15H2,1-2H3. The Labute approximate surface area is 113 Å². The molecule has 0 fully saturated rings. The van der Waals surface area contributed by atoms with Gasteiger partial charge in [-0.05, 0) is 36.2 Å². The van der Waals surface area contributed by atoms with Crippen molar-refractivity contribution in [3.05, 3.63) is 32.7 Å². The van der Waals surface area contributed by atoms with Gasteiger partial charge in [0.15, 0.2) is 0 Å². The van der Waals surface area contributed by atoms with Crippen LogP contribution in [0.3, 0.4) is 0 Å². The van der Waals surface area contributed by atoms with Crippen LogP contribution in [0, 0.1) is 11.8 Å². The number of aliphatic hydroxyl groups is 1. The van der Waals surface area contributed by atoms with Gasteiger partial charge in [-0.25, -0.2) is 0 Å². The second kappa shape index (κ2) is 6.15. The first-order chi connectivity index (χ1) is 7.47. The van der Waals surface area contributed by atoms with Crippen molar-refractivity contribution >= 4 is 31.9 Å². The summed E-state index contributed by atoms with van der Waals surface area (Å²) in [4.78, 5) is 0. The Hall–Kier alpha value is 0.1000. The highest BCUT2D eigenvalue weighted by molar-refractivity contribution is 9.11. The Morgan fingerprint density at radius 2 is 1.94 bits per heavy atom. The van der Waals surface area contributed by atoms with E-state index < -0.39 is 6.10 Å². The molecule has 0 saturated heterocycles. The summed E-state index contributed by atoms with van der Waals surface area (Å²) in [6, 6.07) is 5.80. The van der Waals surface area contributed by atoms with Crippen molar-refractivity contribution in [1.82, 2.24) is 0 Å². The normalized spacial score (nSPS) is 15.2. The van der Waals surface area contributed by atoms with Crippen LogP contribution in [0.25, 0.3) is 0 Å². The van der Waals surface area contributed by atoms with Gasteiger partial charge in [0.05, 0.1) is 6.10 Å². The zero-order chi connectivity index (χ0) is 12.3. The van der Waals surface area contributed by atoms with Crippen LogP contribution in [-0.2, 0) is 0 Å². The van der Waals surface area contributed by atoms with E-state index in [2.05, 4.69) is 45.7 Å². The predicted molar refractivity (Wildman–Crippen MR) is 74.2 cm³/mol. The van der Waals surface area contributed by atoms with Crippen LogP contribution in [0.4, 0.5) is 0 Å². The summed E-state index contributed by atoms with van der Waals surface area (Å²) in [5, 5.41) is 10.3. The number of aliphatic hydroxyl groups excluding tert-OH is 1. The molecule has 0 bridgehead atoms. The quantitative estimate of drug-likeness (QED) is 0.873. The van der Waals surface area contributed by atoms with E-state index in [0.29, 0.717) is 12.5 Å². The van der Waals surface area contributed by atoms with Gasteiger partial charge < -0.3 is 10.8 Å². The maximum Gasteiger partial charge on any atom is 0.0843 e. The fourth-order valence-corrected chi connectivity index (χ4v) is 2.60. The molecule has 2 unspecified atom stereocenters. The van der Waals surface area contributed by atoms with Gasteiger partial charge in [-0.1, -0.05) is 45.7 Å². The van der Waals surface area contributed by atoms with Gasteiger partial charge in [-0.2, -0.15) is 0 Å². The van der Waals surface area contributed by atoms with Crippen molar-refractivity contribution in [2.45, 2.75) is 20.0 Å². The molecule has 4 heteroatoms. The second-order valence-corrected chi connectivity index (χ2v) is 6.02. The van der Waals surface area contributed by atoms with Crippen LogP contribution in [0.1, 0.15) is 25.5 Å². The van der Waals surface area contributed by atoms with Gasteiger partial charge in [-0.15, -0.1) is 0 Å². The van der Waals surface area contributed by atoms with E-state index in [-0.39, 0.29) is 5.92 Å². The number of rotatable bonds is 4. The van der Waals surface area contributed by atoms with Crippen molar-refractivity contribution in [3.63, 3.8) is 0 Å². The van der Waals surface area contributed by atoms with Crippen LogP contribution in [-0.4, -0.2) is 11.7 Å². The molecule has 0 radical (unpaired) electrons. The van der Waals surface area contributed by atoms with Crippen molar-refractivity contribution in [3.8, 4) is 0 Å². The first-order valence-corrected chi connectivity index (χ1v) is 6.89. The van der Waals surface area contributed by atoms with Gasteiger partial charge in [-0.3, -0.25) is 0 Å². The minimum Gasteiger partial charge on any atom is -0.388 e. The van der Waals surface area contributed by atoms with E-state index in [1.165, 1.54) is 0 Å². The summed E-state index contributed by atoms with van der Waals surface area (Å²) < 4.78 is 1.88. The van der Waals surface area contributed by atoms with Gasteiger partial charge in [0, 0.05) is 14.9 Å². The van der Waals surface area contributed by atoms with E-state index in [1.54, 1.807) is 0 Å². The molecule has 0 saturated carbocycles. The van der Waals surface area contributed by atoms with Gasteiger partial charge in [0.1, 0.15) is 0 Å². The first-order valence-electron chi connectivity index (χ1n) is 5.30. The van der Waals surface area contributed by atoms with Crippen molar-refractivity contribution in [2.75, 3.05) is 6.54 Å². The molecule has 0 aliphatic rings. The molecule has 90 valence electrons. The lowest BCUT2D eigenvalue weighted by molar-refractivity contribution is 0.0854. The molecule has 0 aliphatic carbocycles. The average Bonchev–Trinajstić information content (AvgIpc) is 2.22. The first kappa shape index (κ1) is 14.2. The second-order valence-electron chi connectivity index (χ2n) is 4.25. The zero-order valence-electron chi connectivity index (χ0n) is 9.45. The van der Waals surface area contributed by atoms with Crippen molar-refractivity contribution in [2.24, 2.45) is 17.6 Å². The smallest absolute Gasteiger partial charge is 0.0843 e. The van der Waals surface area contributed by atoms with Gasteiger partial charge >= 0.3 is 0 Å². The predicted octanol–water partition coefficient (Wildman–Crippen LogP) is 3.48. The Bertz CT molecular complexity index is 355. The third kappa shape index (κ3) is 3.29. The SMILES string of the molecule is CC(C)C(CN)C(O)c1cc(Br)ccc1Br. The molecular weight excluding hydrogens is 334 g/mol. The molecule has 0 aliphatic heterocycles. The summed E-state index contributed by atoms with van der Waals surface area (Å²) in [6.45, 7) is 4.64. The molecule has 0 spiro atoms. The number of benzene rings is 1. The lowest BCUT2D eigenvalue weighted by Gasteiger charge is -2.26. The maximum atomic E-state index is 10.3. The number of hydrogen-bond donors (Lipinski definition) is 2. The summed E-state index contributed by atoms with van der Waals surface area (Å²) in [6.07, 6.45) is -0.531. The topological polar surface area (TPSA) is 46.2 Å². The van der Waals surface area contributed by atoms with Crippen LogP contribution >= 0.6 is 31.9 Å². The maximum absolute atomic E-state index is 10.3. The highest BCUT2D eigenvalue weighted by Crippen LogP contribution is 2.33. The summed E-state index contributed by atoms with van der Waals surface area (Å²) >= 11 is 6.87. The Balaban J connectivity index is 3.02. The average molecular weight is 351 g/mol. The van der Waals surface area contributed by atoms with E-state index in [1.807, 2.05) is 18.2 Å². The Morgan fingerprint density at radius 3 is 2.44 bits per heavy atom. The Morgan fingerprint density at radius 1 is 1.31 bits per heavy atom. The lowest BCUT2D eigenvalue weighted by atomic mass is 9.87. The highest BCUT2D eigenvalue weighted by Gasteiger charge is 2.24. The number of hydrogen-bond acceptors (Lipinski definition) is 2. The van der Waals surface area contributed by atoms with Gasteiger partial charge in [0.2, 0.25) is 0 Å². The molecule has 2 nitrogen and oxygen atoms in total. The minimum absolute atomic E-state index is 0.0746. The molecule has 3 N–H and O–H groups in total. The summed E-state index contributed by atoms with van der Waals surface area (Å²) in [5.74, 6) is 0.427. The fraction of sp³-hybridized carbons (Fsp3) is 0.500. The Kier molecular flexibility index (Phi) is 5.44. The van der Waals surface area contributed by atoms with Crippen molar-refractivity contribution < 1.29 is 5.11 Å². The number of halogens is 2. The summed E-state index contributed by atoms with van der Waals surface area (Å²) in [7, 11) is 0. The summed E-state index contributed by atoms with van der Waals surface area (Å²) in [5.41, 5.74) is 6.60.